The number of aryl methyl sites for hydroxylation is 2. The molecule has 2 fully saturated rings. The van der Waals surface area contributed by atoms with Gasteiger partial charge in [-0.1, -0.05) is 20.3 Å². The maximum atomic E-state index is 4.69. The van der Waals surface area contributed by atoms with Crippen molar-refractivity contribution >= 4 is 27.4 Å². The van der Waals surface area contributed by atoms with Crippen molar-refractivity contribution in [3.63, 3.8) is 0 Å². The van der Waals surface area contributed by atoms with Crippen molar-refractivity contribution < 1.29 is 0 Å². The van der Waals surface area contributed by atoms with Gasteiger partial charge in [-0.25, -0.2) is 9.97 Å². The molecular weight excluding hydrogens is 380 g/mol. The van der Waals surface area contributed by atoms with Crippen molar-refractivity contribution in [3.8, 4) is 0 Å². The van der Waals surface area contributed by atoms with E-state index in [9.17, 15) is 0 Å². The quantitative estimate of drug-likeness (QED) is 0.614. The summed E-state index contributed by atoms with van der Waals surface area (Å²) in [6, 6.07) is 2.80. The number of nitrogens with zero attached hydrogens (tertiary/aromatic N) is 6. The molecule has 6 nitrogen and oxygen atoms in total. The van der Waals surface area contributed by atoms with Crippen molar-refractivity contribution in [1.82, 2.24) is 24.6 Å². The molecule has 2 aliphatic heterocycles. The van der Waals surface area contributed by atoms with E-state index >= 15 is 0 Å². The van der Waals surface area contributed by atoms with Gasteiger partial charge in [0.1, 0.15) is 17.0 Å². The average Bonchev–Trinajstić information content (AvgIpc) is 3.42. The van der Waals surface area contributed by atoms with Gasteiger partial charge in [-0.2, -0.15) is 5.10 Å². The predicted octanol–water partition coefficient (Wildman–Crippen LogP) is 4.04. The van der Waals surface area contributed by atoms with Crippen LogP contribution in [0.2, 0.25) is 0 Å². The first-order chi connectivity index (χ1) is 14.1. The highest BCUT2D eigenvalue weighted by molar-refractivity contribution is 7.18. The van der Waals surface area contributed by atoms with Crippen LogP contribution in [0.25, 0.3) is 10.2 Å². The van der Waals surface area contributed by atoms with Gasteiger partial charge < -0.3 is 4.90 Å². The SMILES string of the molecule is CCCC(c1cnn(C)c1)N1CC2(CCN(c3ncnc4sc(CC)cc34)C2)C1. The minimum absolute atomic E-state index is 0.412. The molecule has 0 radical (unpaired) electrons. The van der Waals surface area contributed by atoms with Crippen LogP contribution in [0, 0.1) is 5.41 Å². The Bertz CT molecular complexity index is 1000. The van der Waals surface area contributed by atoms with E-state index in [0.29, 0.717) is 11.5 Å². The Hall–Kier alpha value is -1.99. The fourth-order valence-corrected chi connectivity index (χ4v) is 6.10. The molecule has 0 saturated carbocycles. The van der Waals surface area contributed by atoms with Crippen LogP contribution in [0.4, 0.5) is 5.82 Å². The van der Waals surface area contributed by atoms with Crippen LogP contribution in [0.1, 0.15) is 49.6 Å². The van der Waals surface area contributed by atoms with E-state index in [4.69, 9.17) is 4.98 Å². The summed E-state index contributed by atoms with van der Waals surface area (Å²) in [4.78, 5) is 16.9. The molecule has 154 valence electrons. The lowest BCUT2D eigenvalue weighted by molar-refractivity contribution is -0.0205. The van der Waals surface area contributed by atoms with Crippen LogP contribution in [0.5, 0.6) is 0 Å². The summed E-state index contributed by atoms with van der Waals surface area (Å²) in [6.07, 6.45) is 10.7. The van der Waals surface area contributed by atoms with E-state index in [0.717, 1.165) is 30.2 Å². The van der Waals surface area contributed by atoms with Gasteiger partial charge in [0.15, 0.2) is 0 Å². The summed E-state index contributed by atoms with van der Waals surface area (Å²) in [5.74, 6) is 1.14. The number of hydrogen-bond acceptors (Lipinski definition) is 6. The molecule has 2 aliphatic rings. The van der Waals surface area contributed by atoms with Gasteiger partial charge in [0.2, 0.25) is 0 Å². The van der Waals surface area contributed by atoms with Crippen LogP contribution < -0.4 is 4.90 Å². The molecular formula is C22H30N6S. The van der Waals surface area contributed by atoms with E-state index in [-0.39, 0.29) is 0 Å². The minimum Gasteiger partial charge on any atom is -0.355 e. The molecule has 1 unspecified atom stereocenters. The van der Waals surface area contributed by atoms with Gasteiger partial charge in [0, 0.05) is 61.3 Å². The topological polar surface area (TPSA) is 50.1 Å². The first-order valence-electron chi connectivity index (χ1n) is 10.8. The van der Waals surface area contributed by atoms with Crippen molar-refractivity contribution in [1.29, 1.82) is 0 Å². The molecule has 2 saturated heterocycles. The molecule has 3 aromatic rings. The molecule has 3 aromatic heterocycles. The zero-order chi connectivity index (χ0) is 20.0. The molecule has 29 heavy (non-hydrogen) atoms. The highest BCUT2D eigenvalue weighted by atomic mass is 32.1. The molecule has 0 amide bonds. The standard InChI is InChI=1S/C22H30N6S/c1-4-6-19(16-10-25-26(3)11-16)28-13-22(14-28)7-8-27(12-22)20-18-9-17(5-2)29-21(18)24-15-23-20/h9-11,15,19H,4-8,12-14H2,1-3H3. The Kier molecular flexibility index (Phi) is 4.82. The molecule has 0 N–H and O–H groups in total. The number of hydrogen-bond donors (Lipinski definition) is 0. The lowest BCUT2D eigenvalue weighted by Gasteiger charge is -2.51. The van der Waals surface area contributed by atoms with Crippen molar-refractivity contribution in [2.75, 3.05) is 31.1 Å². The van der Waals surface area contributed by atoms with Gasteiger partial charge in [-0.05, 0) is 25.3 Å². The first kappa shape index (κ1) is 19.0. The third-order valence-electron chi connectivity index (χ3n) is 6.64. The van der Waals surface area contributed by atoms with Gasteiger partial charge in [-0.15, -0.1) is 11.3 Å². The first-order valence-corrected chi connectivity index (χ1v) is 11.6. The summed E-state index contributed by atoms with van der Waals surface area (Å²) >= 11 is 1.81. The highest BCUT2D eigenvalue weighted by Gasteiger charge is 2.50. The summed E-state index contributed by atoms with van der Waals surface area (Å²) < 4.78 is 1.93. The van der Waals surface area contributed by atoms with Crippen LogP contribution in [0.15, 0.2) is 24.8 Å². The number of rotatable bonds is 6. The number of thiophene rings is 1. The van der Waals surface area contributed by atoms with E-state index in [1.807, 2.05) is 17.9 Å². The molecule has 5 heterocycles. The third kappa shape index (κ3) is 3.34. The van der Waals surface area contributed by atoms with Crippen LogP contribution in [0.3, 0.4) is 0 Å². The maximum Gasteiger partial charge on any atom is 0.140 e. The Morgan fingerprint density at radius 1 is 1.21 bits per heavy atom. The van der Waals surface area contributed by atoms with Crippen molar-refractivity contribution in [3.05, 3.63) is 35.2 Å². The summed E-state index contributed by atoms with van der Waals surface area (Å²) in [7, 11) is 2.01. The zero-order valence-electron chi connectivity index (χ0n) is 17.6. The predicted molar refractivity (Wildman–Crippen MR) is 118 cm³/mol. The Morgan fingerprint density at radius 3 is 2.79 bits per heavy atom. The number of anilines is 1. The lowest BCUT2D eigenvalue weighted by Crippen LogP contribution is -2.58. The Labute approximate surface area is 176 Å². The molecule has 1 atom stereocenters. The van der Waals surface area contributed by atoms with Crippen molar-refractivity contribution in [2.45, 2.75) is 45.6 Å². The minimum atomic E-state index is 0.412. The summed E-state index contributed by atoms with van der Waals surface area (Å²) in [5, 5.41) is 5.65. The molecule has 1 spiro atoms. The normalized spacial score (nSPS) is 19.9. The molecule has 0 bridgehead atoms. The van der Waals surface area contributed by atoms with E-state index < -0.39 is 0 Å². The van der Waals surface area contributed by atoms with Crippen molar-refractivity contribution in [2.24, 2.45) is 12.5 Å². The second kappa shape index (κ2) is 7.36. The van der Waals surface area contributed by atoms with E-state index in [2.05, 4.69) is 46.0 Å². The van der Waals surface area contributed by atoms with Crippen LogP contribution in [-0.2, 0) is 13.5 Å². The third-order valence-corrected chi connectivity index (χ3v) is 7.82. The number of fused-ring (bicyclic) bond motifs is 1. The summed E-state index contributed by atoms with van der Waals surface area (Å²) in [6.45, 7) is 9.06. The van der Waals surface area contributed by atoms with Crippen LogP contribution in [-0.4, -0.2) is 50.8 Å². The zero-order valence-corrected chi connectivity index (χ0v) is 18.5. The molecule has 5 rings (SSSR count). The van der Waals surface area contributed by atoms with Gasteiger partial charge in [0.25, 0.3) is 0 Å². The number of aromatic nitrogens is 4. The second-order valence-electron chi connectivity index (χ2n) is 8.81. The van der Waals surface area contributed by atoms with Gasteiger partial charge in [-0.3, -0.25) is 9.58 Å². The van der Waals surface area contributed by atoms with E-state index in [1.165, 1.54) is 48.2 Å². The molecule has 0 aromatic carbocycles. The Balaban J connectivity index is 1.31. The average molecular weight is 411 g/mol. The van der Waals surface area contributed by atoms with Crippen LogP contribution >= 0.6 is 11.3 Å². The lowest BCUT2D eigenvalue weighted by atomic mass is 9.77. The smallest absolute Gasteiger partial charge is 0.140 e. The fraction of sp³-hybridized carbons (Fsp3) is 0.591. The Morgan fingerprint density at radius 2 is 2.07 bits per heavy atom. The molecule has 7 heteroatoms. The molecule has 0 aliphatic carbocycles. The summed E-state index contributed by atoms with van der Waals surface area (Å²) in [5.41, 5.74) is 1.77. The monoisotopic (exact) mass is 410 g/mol. The van der Waals surface area contributed by atoms with E-state index in [1.54, 1.807) is 17.7 Å². The maximum absolute atomic E-state index is 4.69. The number of likely N-dealkylation sites (tertiary alicyclic amines) is 1. The highest BCUT2D eigenvalue weighted by Crippen LogP contribution is 2.46. The largest absolute Gasteiger partial charge is 0.355 e. The second-order valence-corrected chi connectivity index (χ2v) is 9.93. The van der Waals surface area contributed by atoms with Gasteiger partial charge in [0.05, 0.1) is 11.6 Å². The van der Waals surface area contributed by atoms with Gasteiger partial charge >= 0.3 is 0 Å². The fourth-order valence-electron chi connectivity index (χ4n) is 5.17.